The minimum atomic E-state index is -0.507. The van der Waals surface area contributed by atoms with Crippen molar-refractivity contribution >= 4 is 40.0 Å². The van der Waals surface area contributed by atoms with Gasteiger partial charge in [-0.3, -0.25) is 4.79 Å². The van der Waals surface area contributed by atoms with Crippen molar-refractivity contribution in [2.75, 3.05) is 19.0 Å². The molecule has 0 aliphatic carbocycles. The Labute approximate surface area is 174 Å². The molecule has 0 atom stereocenters. The number of anilines is 1. The quantitative estimate of drug-likeness (QED) is 0.436. The summed E-state index contributed by atoms with van der Waals surface area (Å²) >= 11 is 6.28. The van der Waals surface area contributed by atoms with Gasteiger partial charge in [0.2, 0.25) is 0 Å². The monoisotopic (exact) mass is 406 g/mol. The highest BCUT2D eigenvalue weighted by Gasteiger charge is 2.14. The Morgan fingerprint density at radius 1 is 1.21 bits per heavy atom. The van der Waals surface area contributed by atoms with Crippen molar-refractivity contribution in [2.24, 2.45) is 0 Å². The first-order valence-electron chi connectivity index (χ1n) is 8.98. The number of carbonyl (C=O) groups excluding carboxylic acids is 1. The van der Waals surface area contributed by atoms with Gasteiger partial charge in [0, 0.05) is 11.1 Å². The third-order valence-corrected chi connectivity index (χ3v) is 4.54. The summed E-state index contributed by atoms with van der Waals surface area (Å²) in [5.74, 6) is 0.345. The van der Waals surface area contributed by atoms with E-state index in [9.17, 15) is 10.1 Å². The number of hydrogen-bond acceptors (Lipinski definition) is 4. The second-order valence-electron chi connectivity index (χ2n) is 6.12. The van der Waals surface area contributed by atoms with Crippen LogP contribution < -0.4 is 14.8 Å². The van der Waals surface area contributed by atoms with Crippen molar-refractivity contribution in [2.45, 2.75) is 6.92 Å². The van der Waals surface area contributed by atoms with E-state index in [2.05, 4.69) is 5.32 Å². The first-order valence-corrected chi connectivity index (χ1v) is 9.36. The molecule has 29 heavy (non-hydrogen) atoms. The molecule has 5 nitrogen and oxygen atoms in total. The summed E-state index contributed by atoms with van der Waals surface area (Å²) in [5, 5.41) is 14.6. The van der Waals surface area contributed by atoms with Gasteiger partial charge < -0.3 is 14.8 Å². The topological polar surface area (TPSA) is 71.3 Å². The molecule has 0 saturated heterocycles. The summed E-state index contributed by atoms with van der Waals surface area (Å²) in [7, 11) is 1.50. The molecule has 0 fully saturated rings. The van der Waals surface area contributed by atoms with Gasteiger partial charge in [0.25, 0.3) is 5.91 Å². The molecule has 146 valence electrons. The lowest BCUT2D eigenvalue weighted by Crippen LogP contribution is -2.13. The number of rotatable bonds is 6. The van der Waals surface area contributed by atoms with E-state index in [4.69, 9.17) is 21.1 Å². The van der Waals surface area contributed by atoms with E-state index >= 15 is 0 Å². The molecule has 0 radical (unpaired) electrons. The largest absolute Gasteiger partial charge is 0.493 e. The molecule has 0 unspecified atom stereocenters. The van der Waals surface area contributed by atoms with Gasteiger partial charge in [0.1, 0.15) is 11.6 Å². The Morgan fingerprint density at radius 2 is 1.97 bits per heavy atom. The molecule has 0 aliphatic heterocycles. The van der Waals surface area contributed by atoms with E-state index in [0.29, 0.717) is 34.4 Å². The van der Waals surface area contributed by atoms with Crippen LogP contribution in [0.4, 0.5) is 5.69 Å². The van der Waals surface area contributed by atoms with Crippen LogP contribution in [0.2, 0.25) is 5.02 Å². The SMILES string of the molecule is CCOc1c(Cl)cc(/C=C(\C#N)C(=O)Nc2cccc3ccccc23)cc1OC. The maximum Gasteiger partial charge on any atom is 0.266 e. The summed E-state index contributed by atoms with van der Waals surface area (Å²) in [6, 6.07) is 18.5. The average molecular weight is 407 g/mol. The maximum atomic E-state index is 12.7. The van der Waals surface area contributed by atoms with E-state index in [0.717, 1.165) is 10.8 Å². The lowest BCUT2D eigenvalue weighted by atomic mass is 10.1. The Bertz CT molecular complexity index is 1130. The standard InChI is InChI=1S/C23H19ClN2O3/c1-3-29-22-19(24)12-15(13-21(22)28-2)11-17(14-25)23(27)26-20-10-6-8-16-7-4-5-9-18(16)20/h4-13H,3H2,1-2H3,(H,26,27)/b17-11+. The molecule has 0 saturated carbocycles. The molecular weight excluding hydrogens is 388 g/mol. The molecule has 0 heterocycles. The number of carbonyl (C=O) groups is 1. The first-order chi connectivity index (χ1) is 14.1. The molecule has 1 amide bonds. The summed E-state index contributed by atoms with van der Waals surface area (Å²) in [6.45, 7) is 2.27. The smallest absolute Gasteiger partial charge is 0.266 e. The lowest BCUT2D eigenvalue weighted by molar-refractivity contribution is -0.112. The predicted molar refractivity (Wildman–Crippen MR) is 115 cm³/mol. The number of halogens is 1. The zero-order valence-electron chi connectivity index (χ0n) is 16.0. The second kappa shape index (κ2) is 9.13. The lowest BCUT2D eigenvalue weighted by Gasteiger charge is -2.12. The molecule has 0 aromatic heterocycles. The Morgan fingerprint density at radius 3 is 2.69 bits per heavy atom. The number of benzene rings is 3. The molecule has 3 aromatic carbocycles. The number of hydrogen-bond donors (Lipinski definition) is 1. The molecule has 3 rings (SSSR count). The molecular formula is C23H19ClN2O3. The molecule has 1 N–H and O–H groups in total. The van der Waals surface area contributed by atoms with E-state index in [1.54, 1.807) is 18.2 Å². The van der Waals surface area contributed by atoms with Crippen LogP contribution in [-0.4, -0.2) is 19.6 Å². The summed E-state index contributed by atoms with van der Waals surface area (Å²) in [6.07, 6.45) is 1.46. The van der Waals surface area contributed by atoms with Gasteiger partial charge in [0.05, 0.1) is 18.7 Å². The van der Waals surface area contributed by atoms with E-state index < -0.39 is 5.91 Å². The number of fused-ring (bicyclic) bond motifs is 1. The van der Waals surface area contributed by atoms with Gasteiger partial charge in [-0.05, 0) is 42.1 Å². The van der Waals surface area contributed by atoms with Crippen molar-refractivity contribution in [1.82, 2.24) is 0 Å². The number of methoxy groups -OCH3 is 1. The molecule has 0 bridgehead atoms. The second-order valence-corrected chi connectivity index (χ2v) is 6.52. The van der Waals surface area contributed by atoms with Crippen LogP contribution in [0, 0.1) is 11.3 Å². The maximum absolute atomic E-state index is 12.7. The van der Waals surface area contributed by atoms with Crippen molar-refractivity contribution in [1.29, 1.82) is 5.26 Å². The van der Waals surface area contributed by atoms with Gasteiger partial charge in [-0.25, -0.2) is 0 Å². The van der Waals surface area contributed by atoms with Crippen LogP contribution in [-0.2, 0) is 4.79 Å². The van der Waals surface area contributed by atoms with Crippen LogP contribution in [0.1, 0.15) is 12.5 Å². The zero-order valence-corrected chi connectivity index (χ0v) is 16.8. The highest BCUT2D eigenvalue weighted by molar-refractivity contribution is 6.32. The molecule has 3 aromatic rings. The molecule has 6 heteroatoms. The van der Waals surface area contributed by atoms with Crippen molar-refractivity contribution in [3.63, 3.8) is 0 Å². The fourth-order valence-electron chi connectivity index (χ4n) is 2.95. The minimum absolute atomic E-state index is 0.0554. The number of amides is 1. The number of nitriles is 1. The highest BCUT2D eigenvalue weighted by Crippen LogP contribution is 2.37. The van der Waals surface area contributed by atoms with Crippen LogP contribution in [0.15, 0.2) is 60.2 Å². The van der Waals surface area contributed by atoms with E-state index in [1.807, 2.05) is 49.4 Å². The minimum Gasteiger partial charge on any atom is -0.493 e. The highest BCUT2D eigenvalue weighted by atomic mass is 35.5. The van der Waals surface area contributed by atoms with E-state index in [-0.39, 0.29) is 5.57 Å². The Balaban J connectivity index is 1.93. The number of ether oxygens (including phenoxy) is 2. The zero-order chi connectivity index (χ0) is 20.8. The van der Waals surface area contributed by atoms with Crippen LogP contribution in [0.3, 0.4) is 0 Å². The van der Waals surface area contributed by atoms with Gasteiger partial charge >= 0.3 is 0 Å². The summed E-state index contributed by atoms with van der Waals surface area (Å²) < 4.78 is 10.8. The number of nitrogens with zero attached hydrogens (tertiary/aromatic N) is 1. The Hall–Kier alpha value is -3.49. The van der Waals surface area contributed by atoms with Gasteiger partial charge in [-0.15, -0.1) is 0 Å². The third kappa shape index (κ3) is 4.50. The predicted octanol–water partition coefficient (Wildman–Crippen LogP) is 5.45. The van der Waals surface area contributed by atoms with E-state index in [1.165, 1.54) is 13.2 Å². The summed E-state index contributed by atoms with van der Waals surface area (Å²) in [4.78, 5) is 12.7. The van der Waals surface area contributed by atoms with Crippen LogP contribution in [0.25, 0.3) is 16.8 Å². The van der Waals surface area contributed by atoms with Gasteiger partial charge in [-0.1, -0.05) is 48.0 Å². The van der Waals surface area contributed by atoms with Crippen molar-refractivity contribution in [3.8, 4) is 17.6 Å². The fourth-order valence-corrected chi connectivity index (χ4v) is 3.22. The number of nitrogens with one attached hydrogen (secondary N) is 1. The Kier molecular flexibility index (Phi) is 6.38. The van der Waals surface area contributed by atoms with Crippen LogP contribution >= 0.6 is 11.6 Å². The summed E-state index contributed by atoms with van der Waals surface area (Å²) in [5.41, 5.74) is 1.14. The van der Waals surface area contributed by atoms with Crippen LogP contribution in [0.5, 0.6) is 11.5 Å². The van der Waals surface area contributed by atoms with Crippen molar-refractivity contribution < 1.29 is 14.3 Å². The fraction of sp³-hybridized carbons (Fsp3) is 0.130. The third-order valence-electron chi connectivity index (χ3n) is 4.25. The first kappa shape index (κ1) is 20.2. The molecule has 0 aliphatic rings. The average Bonchev–Trinajstić information content (AvgIpc) is 2.73. The normalized spacial score (nSPS) is 11.0. The van der Waals surface area contributed by atoms with Crippen molar-refractivity contribution in [3.05, 3.63) is 70.8 Å². The van der Waals surface area contributed by atoms with Gasteiger partial charge in [0.15, 0.2) is 11.5 Å². The molecule has 0 spiro atoms. The van der Waals surface area contributed by atoms with Gasteiger partial charge in [-0.2, -0.15) is 5.26 Å².